The van der Waals surface area contributed by atoms with E-state index < -0.39 is 17.4 Å². The van der Waals surface area contributed by atoms with Crippen LogP contribution < -0.4 is 14.2 Å². The lowest BCUT2D eigenvalue weighted by Gasteiger charge is -2.12. The van der Waals surface area contributed by atoms with Crippen LogP contribution in [0.5, 0.6) is 23.0 Å². The summed E-state index contributed by atoms with van der Waals surface area (Å²) in [7, 11) is 3.22. The highest BCUT2D eigenvalue weighted by atomic mass is 79.9. The van der Waals surface area contributed by atoms with Gasteiger partial charge in [-0.1, -0.05) is 59.9 Å². The molecule has 0 aliphatic rings. The quantitative estimate of drug-likeness (QED) is 0.143. The summed E-state index contributed by atoms with van der Waals surface area (Å²) in [6.07, 6.45) is 0.967. The lowest BCUT2D eigenvalue weighted by Crippen LogP contribution is -2.02. The molecular weight excluding hydrogens is 734 g/mol. The standard InChI is InChI=1S/C15H12BrFO3.C8H8Br2O.C7H5FO2/c1-19-14-6-5-12(16)7-11(14)9-20-15-10(8-18)3-2-4-13(15)17;1-11-8-3-2-7(10)4-6(8)5-9;8-6-3-1-2-5(4-9)7(6)10/h2-8H,9H2,1H3;2-4H,5H2,1H3;1-4,10H. The minimum atomic E-state index is -0.774. The van der Waals surface area contributed by atoms with Gasteiger partial charge in [0.2, 0.25) is 0 Å². The van der Waals surface area contributed by atoms with Crippen LogP contribution in [0.25, 0.3) is 0 Å². The van der Waals surface area contributed by atoms with E-state index in [2.05, 4.69) is 47.8 Å². The lowest BCUT2D eigenvalue weighted by molar-refractivity contribution is 0.111. The molecule has 0 unspecified atom stereocenters. The van der Waals surface area contributed by atoms with Crippen LogP contribution in [0.15, 0.2) is 81.7 Å². The van der Waals surface area contributed by atoms with E-state index in [0.29, 0.717) is 18.3 Å². The molecule has 41 heavy (non-hydrogen) atoms. The van der Waals surface area contributed by atoms with E-state index in [4.69, 9.17) is 19.3 Å². The average Bonchev–Trinajstić information content (AvgIpc) is 2.98. The number of benzene rings is 4. The molecule has 216 valence electrons. The van der Waals surface area contributed by atoms with Gasteiger partial charge in [-0.3, -0.25) is 9.59 Å². The van der Waals surface area contributed by atoms with Gasteiger partial charge in [-0.05, 0) is 60.7 Å². The third kappa shape index (κ3) is 10.2. The molecule has 1 N–H and O–H groups in total. The van der Waals surface area contributed by atoms with Crippen molar-refractivity contribution in [2.75, 3.05) is 14.2 Å². The average molecular weight is 759 g/mol. The molecule has 0 bridgehead atoms. The summed E-state index contributed by atoms with van der Waals surface area (Å²) in [5.74, 6) is -0.419. The summed E-state index contributed by atoms with van der Waals surface area (Å²) in [5.41, 5.74) is 2.06. The summed E-state index contributed by atoms with van der Waals surface area (Å²) in [5, 5.41) is 9.61. The van der Waals surface area contributed by atoms with E-state index in [0.717, 1.165) is 37.2 Å². The summed E-state index contributed by atoms with van der Waals surface area (Å²) in [6.45, 7) is 0.102. The van der Waals surface area contributed by atoms with E-state index in [9.17, 15) is 18.4 Å². The number of halogens is 5. The van der Waals surface area contributed by atoms with Crippen LogP contribution in [-0.2, 0) is 11.9 Å². The van der Waals surface area contributed by atoms with Gasteiger partial charge in [-0.25, -0.2) is 8.78 Å². The van der Waals surface area contributed by atoms with Crippen LogP contribution in [0.3, 0.4) is 0 Å². The highest BCUT2D eigenvalue weighted by molar-refractivity contribution is 9.10. The maximum atomic E-state index is 13.7. The smallest absolute Gasteiger partial charge is 0.165 e. The highest BCUT2D eigenvalue weighted by Gasteiger charge is 2.11. The van der Waals surface area contributed by atoms with Crippen molar-refractivity contribution in [3.8, 4) is 23.0 Å². The number of alkyl halides is 1. The lowest BCUT2D eigenvalue weighted by atomic mass is 10.2. The Hall–Kier alpha value is -3.28. The van der Waals surface area contributed by atoms with E-state index in [1.165, 1.54) is 30.3 Å². The van der Waals surface area contributed by atoms with Gasteiger partial charge in [-0.15, -0.1) is 0 Å². The van der Waals surface area contributed by atoms with Crippen molar-refractivity contribution in [2.45, 2.75) is 11.9 Å². The molecule has 0 heterocycles. The number of phenolic OH excluding ortho intramolecular Hbond substituents is 1. The Kier molecular flexibility index (Phi) is 14.5. The third-order valence-corrected chi connectivity index (χ3v) is 6.86. The minimum absolute atomic E-state index is 0.0278. The van der Waals surface area contributed by atoms with Crippen molar-refractivity contribution in [3.63, 3.8) is 0 Å². The maximum Gasteiger partial charge on any atom is 0.165 e. The first-order valence-electron chi connectivity index (χ1n) is 11.7. The molecule has 6 nitrogen and oxygen atoms in total. The molecule has 0 amide bonds. The Morgan fingerprint density at radius 2 is 1.27 bits per heavy atom. The summed E-state index contributed by atoms with van der Waals surface area (Å²) in [4.78, 5) is 20.9. The molecule has 0 aromatic heterocycles. The molecule has 0 radical (unpaired) electrons. The molecule has 11 heteroatoms. The van der Waals surface area contributed by atoms with Crippen LogP contribution in [0.2, 0.25) is 0 Å². The van der Waals surface area contributed by atoms with Gasteiger partial charge in [0.15, 0.2) is 35.7 Å². The van der Waals surface area contributed by atoms with Crippen LogP contribution in [0, 0.1) is 11.6 Å². The third-order valence-electron chi connectivity index (χ3n) is 5.27. The Morgan fingerprint density at radius 1 is 0.756 bits per heavy atom. The van der Waals surface area contributed by atoms with E-state index >= 15 is 0 Å². The monoisotopic (exact) mass is 756 g/mol. The molecule has 4 aromatic rings. The van der Waals surface area contributed by atoms with Crippen LogP contribution in [-0.4, -0.2) is 31.9 Å². The number of para-hydroxylation sites is 2. The second-order valence-corrected chi connectivity index (χ2v) is 10.3. The fraction of sp³-hybridized carbons (Fsp3) is 0.133. The molecule has 0 saturated carbocycles. The van der Waals surface area contributed by atoms with Gasteiger partial charge in [0.1, 0.15) is 18.1 Å². The Balaban J connectivity index is 0.000000236. The van der Waals surface area contributed by atoms with Gasteiger partial charge < -0.3 is 19.3 Å². The molecule has 0 aliphatic heterocycles. The Bertz CT molecular complexity index is 1470. The van der Waals surface area contributed by atoms with Crippen LogP contribution >= 0.6 is 47.8 Å². The molecule has 4 rings (SSSR count). The first-order valence-corrected chi connectivity index (χ1v) is 14.4. The fourth-order valence-electron chi connectivity index (χ4n) is 3.26. The molecule has 0 atom stereocenters. The summed E-state index contributed by atoms with van der Waals surface area (Å²) < 4.78 is 43.8. The number of hydrogen-bond donors (Lipinski definition) is 1. The number of carbonyl (C=O) groups excluding carboxylic acids is 2. The SMILES string of the molecule is COc1ccc(Br)cc1CBr.COc1ccc(Br)cc1COc1c(F)cccc1C=O.O=Cc1cccc(F)c1O. The normalized spacial score (nSPS) is 9.83. The van der Waals surface area contributed by atoms with Crippen molar-refractivity contribution < 1.29 is 37.7 Å². The highest BCUT2D eigenvalue weighted by Crippen LogP contribution is 2.27. The van der Waals surface area contributed by atoms with Gasteiger partial charge >= 0.3 is 0 Å². The van der Waals surface area contributed by atoms with Gasteiger partial charge in [0.05, 0.1) is 25.3 Å². The second kappa shape index (κ2) is 17.5. The molecule has 0 aliphatic carbocycles. The topological polar surface area (TPSA) is 82.1 Å². The van der Waals surface area contributed by atoms with Crippen molar-refractivity contribution in [3.05, 3.63) is 116 Å². The molecule has 0 fully saturated rings. The zero-order valence-electron chi connectivity index (χ0n) is 21.9. The van der Waals surface area contributed by atoms with Crippen LogP contribution in [0.1, 0.15) is 31.8 Å². The molecule has 0 spiro atoms. The van der Waals surface area contributed by atoms with Crippen molar-refractivity contribution >= 4 is 60.4 Å². The number of methoxy groups -OCH3 is 2. The molecule has 4 aromatic carbocycles. The number of aldehydes is 2. The number of ether oxygens (including phenoxy) is 3. The van der Waals surface area contributed by atoms with Crippen molar-refractivity contribution in [1.29, 1.82) is 0 Å². The number of phenols is 1. The summed E-state index contributed by atoms with van der Waals surface area (Å²) >= 11 is 10.1. The van der Waals surface area contributed by atoms with E-state index in [1.54, 1.807) is 20.3 Å². The zero-order chi connectivity index (χ0) is 30.4. The Labute approximate surface area is 261 Å². The first kappa shape index (κ1) is 33.9. The number of aromatic hydroxyl groups is 1. The fourth-order valence-corrected chi connectivity index (χ4v) is 4.51. The predicted octanol–water partition coefficient (Wildman–Crippen LogP) is 8.68. The molecule has 0 saturated heterocycles. The summed E-state index contributed by atoms with van der Waals surface area (Å²) in [6, 6.07) is 19.4. The first-order chi connectivity index (χ1) is 19.7. The number of rotatable bonds is 8. The zero-order valence-corrected chi connectivity index (χ0v) is 26.6. The van der Waals surface area contributed by atoms with Gasteiger partial charge in [0, 0.05) is 25.4 Å². The maximum absolute atomic E-state index is 13.7. The van der Waals surface area contributed by atoms with Crippen molar-refractivity contribution in [1.82, 2.24) is 0 Å². The second-order valence-electron chi connectivity index (χ2n) is 7.91. The minimum Gasteiger partial charge on any atom is -0.504 e. The Morgan fingerprint density at radius 3 is 1.78 bits per heavy atom. The number of carbonyl (C=O) groups is 2. The number of hydrogen-bond acceptors (Lipinski definition) is 6. The van der Waals surface area contributed by atoms with Crippen molar-refractivity contribution in [2.24, 2.45) is 0 Å². The van der Waals surface area contributed by atoms with E-state index in [1.807, 2.05) is 30.3 Å². The van der Waals surface area contributed by atoms with Crippen LogP contribution in [0.4, 0.5) is 8.78 Å². The van der Waals surface area contributed by atoms with E-state index in [-0.39, 0.29) is 23.5 Å². The van der Waals surface area contributed by atoms with Gasteiger partial charge in [0.25, 0.3) is 0 Å². The predicted molar refractivity (Wildman–Crippen MR) is 164 cm³/mol. The van der Waals surface area contributed by atoms with Gasteiger partial charge in [-0.2, -0.15) is 0 Å². The molecular formula is C30H25Br3F2O6. The largest absolute Gasteiger partial charge is 0.504 e.